The second kappa shape index (κ2) is 11.2. The van der Waals surface area contributed by atoms with E-state index in [9.17, 15) is 29.7 Å². The topological polar surface area (TPSA) is 155 Å². The number of hydroxylamine groups is 1. The van der Waals surface area contributed by atoms with E-state index in [0.717, 1.165) is 18.9 Å². The molecule has 12 heteroatoms. The van der Waals surface area contributed by atoms with Crippen molar-refractivity contribution in [1.29, 1.82) is 0 Å². The first-order valence-electron chi connectivity index (χ1n) is 14.4. The number of anilines is 1. The van der Waals surface area contributed by atoms with Crippen LogP contribution in [0.4, 0.5) is 5.69 Å². The number of allylic oxidation sites excluding steroid dienone is 1. The molecule has 234 valence electrons. The monoisotopic (exact) mass is 618 g/mol. The predicted octanol–water partition coefficient (Wildman–Crippen LogP) is 2.93. The molecule has 1 aromatic rings. The number of aliphatic hydroxyl groups is 2. The molecular weight excluding hydrogens is 580 g/mol. The zero-order valence-electron chi connectivity index (χ0n) is 24.9. The Balaban J connectivity index is 1.75. The van der Waals surface area contributed by atoms with E-state index in [2.05, 4.69) is 11.9 Å². The van der Waals surface area contributed by atoms with Crippen LogP contribution < -0.4 is 10.4 Å². The van der Waals surface area contributed by atoms with Gasteiger partial charge in [-0.3, -0.25) is 24.8 Å². The van der Waals surface area contributed by atoms with E-state index < -0.39 is 71.8 Å². The maximum Gasteiger partial charge on any atom is 0.344 e. The van der Waals surface area contributed by atoms with E-state index in [4.69, 9.17) is 25.9 Å². The molecule has 11 nitrogen and oxygen atoms in total. The lowest BCUT2D eigenvalue weighted by Crippen LogP contribution is -2.67. The van der Waals surface area contributed by atoms with Gasteiger partial charge in [0.1, 0.15) is 17.7 Å². The molecule has 2 heterocycles. The fraction of sp³-hybridized carbons (Fsp3) is 0.581. The minimum atomic E-state index is -2.03. The average molecular weight is 619 g/mol. The van der Waals surface area contributed by atoms with E-state index in [0.29, 0.717) is 23.2 Å². The molecule has 0 spiro atoms. The Labute approximate surface area is 255 Å². The maximum absolute atomic E-state index is 13.0. The molecule has 0 amide bonds. The molecule has 0 aromatic heterocycles. The molecule has 4 aliphatic rings. The highest BCUT2D eigenvalue weighted by atomic mass is 35.5. The fourth-order valence-electron chi connectivity index (χ4n) is 8.06. The van der Waals surface area contributed by atoms with E-state index in [1.54, 1.807) is 32.2 Å². The molecule has 10 atom stereocenters. The Hall–Kier alpha value is -2.96. The zero-order chi connectivity index (χ0) is 31.6. The van der Waals surface area contributed by atoms with Crippen LogP contribution in [-0.4, -0.2) is 70.9 Å². The summed E-state index contributed by atoms with van der Waals surface area (Å²) < 4.78 is 10.8. The van der Waals surface area contributed by atoms with E-state index in [1.165, 1.54) is 5.06 Å². The Morgan fingerprint density at radius 2 is 1.91 bits per heavy atom. The average Bonchev–Trinajstić information content (AvgIpc) is 3.22. The molecule has 2 aliphatic heterocycles. The molecule has 1 saturated carbocycles. The molecule has 1 unspecified atom stereocenters. The highest BCUT2D eigenvalue weighted by Crippen LogP contribution is 2.61. The highest BCUT2D eigenvalue weighted by molar-refractivity contribution is 6.33. The van der Waals surface area contributed by atoms with Gasteiger partial charge in [0.05, 0.1) is 16.3 Å². The minimum absolute atomic E-state index is 0.144. The summed E-state index contributed by atoms with van der Waals surface area (Å²) in [5.41, 5.74) is -1.58. The zero-order valence-corrected chi connectivity index (χ0v) is 25.6. The van der Waals surface area contributed by atoms with Gasteiger partial charge in [0, 0.05) is 37.3 Å². The summed E-state index contributed by atoms with van der Waals surface area (Å²) in [5.74, 6) is -6.30. The van der Waals surface area contributed by atoms with Crippen molar-refractivity contribution in [2.24, 2.45) is 29.6 Å². The number of carboxylic acids is 1. The number of halogens is 1. The Kier molecular flexibility index (Phi) is 8.19. The van der Waals surface area contributed by atoms with E-state index >= 15 is 0 Å². The number of benzene rings is 1. The SMILES string of the molecule is C=C(C)[C@@H]1CC[C@@H](C)[C@]2(O)C([C@H]3[C@@H](C(=O)O)N[C@@H]4ON(C)c5c(Cl)cccc5[C@@]43O)[C@@H](OC(=O)COC(C)=O)C(C)=C[C@@H]12. The number of para-hydroxylation sites is 1. The Morgan fingerprint density at radius 3 is 2.53 bits per heavy atom. The molecule has 43 heavy (non-hydrogen) atoms. The Morgan fingerprint density at radius 1 is 1.21 bits per heavy atom. The van der Waals surface area contributed by atoms with Gasteiger partial charge >= 0.3 is 17.9 Å². The number of rotatable bonds is 6. The third-order valence-electron chi connectivity index (χ3n) is 9.95. The first-order chi connectivity index (χ1) is 20.1. The lowest BCUT2D eigenvalue weighted by molar-refractivity contribution is -0.224. The minimum Gasteiger partial charge on any atom is -0.480 e. The second-order valence-corrected chi connectivity index (χ2v) is 12.8. The van der Waals surface area contributed by atoms with E-state index in [-0.39, 0.29) is 16.9 Å². The number of carboxylic acid groups (broad SMARTS) is 1. The molecule has 1 aromatic carbocycles. The fourth-order valence-corrected chi connectivity index (χ4v) is 8.35. The number of nitrogens with one attached hydrogen (secondary N) is 1. The van der Waals surface area contributed by atoms with Gasteiger partial charge in [0.15, 0.2) is 12.8 Å². The summed E-state index contributed by atoms with van der Waals surface area (Å²) in [7, 11) is 1.60. The number of hydrogen-bond donors (Lipinski definition) is 4. The molecule has 1 saturated heterocycles. The number of carbonyl (C=O) groups excluding carboxylic acids is 2. The lowest BCUT2D eigenvalue weighted by Gasteiger charge is -2.59. The summed E-state index contributed by atoms with van der Waals surface area (Å²) in [4.78, 5) is 43.5. The number of nitrogens with zero attached hydrogens (tertiary/aromatic N) is 1. The number of fused-ring (bicyclic) bond motifs is 4. The molecule has 0 bridgehead atoms. The van der Waals surface area contributed by atoms with Crippen LogP contribution in [0.15, 0.2) is 42.0 Å². The van der Waals surface area contributed by atoms with Crippen molar-refractivity contribution in [3.05, 3.63) is 52.6 Å². The van der Waals surface area contributed by atoms with Gasteiger partial charge in [0.25, 0.3) is 0 Å². The van der Waals surface area contributed by atoms with Crippen LogP contribution in [0.3, 0.4) is 0 Å². The third kappa shape index (κ3) is 4.85. The number of esters is 2. The number of hydrogen-bond acceptors (Lipinski definition) is 10. The molecule has 4 N–H and O–H groups in total. The van der Waals surface area contributed by atoms with Crippen LogP contribution in [0.1, 0.15) is 46.1 Å². The van der Waals surface area contributed by atoms with Gasteiger partial charge in [-0.05, 0) is 50.2 Å². The van der Waals surface area contributed by atoms with Crippen molar-refractivity contribution >= 4 is 35.2 Å². The van der Waals surface area contributed by atoms with Gasteiger partial charge in [-0.25, -0.2) is 4.79 Å². The van der Waals surface area contributed by atoms with Crippen molar-refractivity contribution in [3.8, 4) is 0 Å². The maximum atomic E-state index is 13.0. The smallest absolute Gasteiger partial charge is 0.344 e. The summed E-state index contributed by atoms with van der Waals surface area (Å²) in [6.07, 6.45) is 0.806. The van der Waals surface area contributed by atoms with Crippen LogP contribution in [0.25, 0.3) is 0 Å². The van der Waals surface area contributed by atoms with Crippen LogP contribution in [0, 0.1) is 29.6 Å². The molecule has 0 radical (unpaired) electrons. The van der Waals surface area contributed by atoms with Crippen molar-refractivity contribution in [2.45, 2.75) is 70.1 Å². The Bertz CT molecular complexity index is 1380. The van der Waals surface area contributed by atoms with Gasteiger partial charge in [-0.1, -0.05) is 48.9 Å². The van der Waals surface area contributed by atoms with Crippen molar-refractivity contribution in [1.82, 2.24) is 5.32 Å². The standard InChI is InChI=1S/C31H39ClN2O9/c1-14(2)18-11-10-16(4)30(39)20(18)12-15(3)27(42-22(36)13-41-17(5)35)24(30)23-25(28(37)38)33-29-31(23,40)19-8-7-9-21(32)26(19)34(6)43-29/h7-9,12,16,18,20,23-25,27,29,33,39-40H,1,10-11,13H2,2-6H3,(H,37,38)/t16-,18+,20+,23+,24?,25+,27+,29-,30-,31+/m1/s1. The summed E-state index contributed by atoms with van der Waals surface area (Å²) in [6.45, 7) is 10.2. The van der Waals surface area contributed by atoms with Crippen LogP contribution in [-0.2, 0) is 34.3 Å². The van der Waals surface area contributed by atoms with Gasteiger partial charge < -0.3 is 24.8 Å². The van der Waals surface area contributed by atoms with Crippen molar-refractivity contribution < 1.29 is 44.0 Å². The van der Waals surface area contributed by atoms with Crippen LogP contribution >= 0.6 is 11.6 Å². The van der Waals surface area contributed by atoms with Gasteiger partial charge in [-0.15, -0.1) is 0 Å². The molecule has 2 aliphatic carbocycles. The first-order valence-corrected chi connectivity index (χ1v) is 14.8. The lowest BCUT2D eigenvalue weighted by atomic mass is 9.49. The molecule has 2 fully saturated rings. The van der Waals surface area contributed by atoms with Crippen LogP contribution in [0.5, 0.6) is 0 Å². The number of aliphatic carboxylic acids is 1. The normalized spacial score (nSPS) is 38.2. The highest BCUT2D eigenvalue weighted by Gasteiger charge is 2.71. The summed E-state index contributed by atoms with van der Waals surface area (Å²) in [5, 5.41) is 41.0. The van der Waals surface area contributed by atoms with Crippen LogP contribution in [0.2, 0.25) is 5.02 Å². The van der Waals surface area contributed by atoms with E-state index in [1.807, 2.05) is 19.9 Å². The summed E-state index contributed by atoms with van der Waals surface area (Å²) in [6, 6.07) is 3.51. The number of ether oxygens (including phenoxy) is 2. The molecular formula is C31H39ClN2O9. The predicted molar refractivity (Wildman–Crippen MR) is 156 cm³/mol. The first kappa shape index (κ1) is 31.5. The van der Waals surface area contributed by atoms with Gasteiger partial charge in [0.2, 0.25) is 0 Å². The second-order valence-electron chi connectivity index (χ2n) is 12.4. The third-order valence-corrected chi connectivity index (χ3v) is 10.3. The number of carbonyl (C=O) groups is 3. The van der Waals surface area contributed by atoms with Crippen molar-refractivity contribution in [3.63, 3.8) is 0 Å². The van der Waals surface area contributed by atoms with Gasteiger partial charge in [-0.2, -0.15) is 0 Å². The quantitative estimate of drug-likeness (QED) is 0.275. The van der Waals surface area contributed by atoms with Crippen molar-refractivity contribution in [2.75, 3.05) is 18.7 Å². The summed E-state index contributed by atoms with van der Waals surface area (Å²) >= 11 is 6.57. The molecule has 5 rings (SSSR count). The largest absolute Gasteiger partial charge is 0.480 e.